The Balaban J connectivity index is 4.15. The maximum Gasteiger partial charge on any atom is 0.377 e. The molecule has 0 aromatic heterocycles. The van der Waals surface area contributed by atoms with Gasteiger partial charge >= 0.3 is 29.8 Å². The van der Waals surface area contributed by atoms with Gasteiger partial charge in [-0.3, -0.25) is 0 Å². The first-order valence-corrected chi connectivity index (χ1v) is 8.76. The lowest BCUT2D eigenvalue weighted by molar-refractivity contribution is -0.198. The number of rotatable bonds is 13. The van der Waals surface area contributed by atoms with Crippen LogP contribution < -0.4 is 0 Å². The lowest BCUT2D eigenvalue weighted by Crippen LogP contribution is -2.43. The highest BCUT2D eigenvalue weighted by Gasteiger charge is 2.55. The molecule has 0 aliphatic carbocycles. The van der Waals surface area contributed by atoms with Gasteiger partial charge in [-0.25, -0.2) is 14.4 Å². The fourth-order valence-electron chi connectivity index (χ4n) is 1.84. The second-order valence-corrected chi connectivity index (χ2v) is 6.51. The van der Waals surface area contributed by atoms with E-state index in [0.29, 0.717) is 19.3 Å². The third kappa shape index (κ3) is 10.3. The molecular formula is C18H26F4O6. The average molecular weight is 414 g/mol. The van der Waals surface area contributed by atoms with Gasteiger partial charge in [0.2, 0.25) is 0 Å². The molecule has 0 aliphatic heterocycles. The Morgan fingerprint density at radius 3 is 1.79 bits per heavy atom. The molecule has 0 bridgehead atoms. The van der Waals surface area contributed by atoms with Crippen LogP contribution in [-0.4, -0.2) is 49.1 Å². The minimum absolute atomic E-state index is 0.172. The molecule has 0 unspecified atom stereocenters. The van der Waals surface area contributed by atoms with Crippen LogP contribution in [0, 0.1) is 0 Å². The normalized spacial score (nSPS) is 11.9. The predicted octanol–water partition coefficient (Wildman–Crippen LogP) is 3.82. The number of esters is 3. The van der Waals surface area contributed by atoms with Crippen molar-refractivity contribution < 1.29 is 46.2 Å². The number of alkyl halides is 4. The SMILES string of the molecule is C=C(C)C(=O)OCCCCCCOC(=O)C(F)(F)CC(F)(F)C(=O)OC(C)C. The standard InChI is InChI=1S/C18H26F4O6/c1-12(2)14(23)26-9-7-5-6-8-10-27-15(24)17(19,20)11-18(21,22)16(25)28-13(3)4/h13H,1,5-11H2,2-4H3. The van der Waals surface area contributed by atoms with Crippen LogP contribution in [-0.2, 0) is 28.6 Å². The summed E-state index contributed by atoms with van der Waals surface area (Å²) >= 11 is 0. The van der Waals surface area contributed by atoms with Gasteiger partial charge in [0.1, 0.15) is 0 Å². The summed E-state index contributed by atoms with van der Waals surface area (Å²) in [6.07, 6.45) is -1.42. The van der Waals surface area contributed by atoms with E-state index in [1.54, 1.807) is 0 Å². The molecule has 0 aromatic carbocycles. The molecule has 0 spiro atoms. The largest absolute Gasteiger partial charge is 0.462 e. The highest BCUT2D eigenvalue weighted by molar-refractivity contribution is 5.86. The number of hydrogen-bond donors (Lipinski definition) is 0. The van der Waals surface area contributed by atoms with Gasteiger partial charge in [-0.2, -0.15) is 17.6 Å². The molecule has 0 aliphatic rings. The number of hydrogen-bond acceptors (Lipinski definition) is 6. The molecule has 6 nitrogen and oxygen atoms in total. The highest BCUT2D eigenvalue weighted by Crippen LogP contribution is 2.33. The topological polar surface area (TPSA) is 78.9 Å². The van der Waals surface area contributed by atoms with Crippen LogP contribution >= 0.6 is 0 Å². The minimum Gasteiger partial charge on any atom is -0.462 e. The molecule has 0 N–H and O–H groups in total. The van der Waals surface area contributed by atoms with Crippen molar-refractivity contribution in [1.82, 2.24) is 0 Å². The molecule has 10 heteroatoms. The van der Waals surface area contributed by atoms with E-state index in [1.165, 1.54) is 20.8 Å². The van der Waals surface area contributed by atoms with Gasteiger partial charge in [0.05, 0.1) is 25.7 Å². The summed E-state index contributed by atoms with van der Waals surface area (Å²) in [5.74, 6) is -13.8. The van der Waals surface area contributed by atoms with Gasteiger partial charge in [0, 0.05) is 5.57 Å². The molecule has 0 fully saturated rings. The smallest absolute Gasteiger partial charge is 0.377 e. The summed E-state index contributed by atoms with van der Waals surface area (Å²) in [5, 5.41) is 0. The number of halogens is 4. The van der Waals surface area contributed by atoms with Crippen molar-refractivity contribution in [2.75, 3.05) is 13.2 Å². The van der Waals surface area contributed by atoms with E-state index in [1.807, 2.05) is 0 Å². The van der Waals surface area contributed by atoms with Crippen molar-refractivity contribution >= 4 is 17.9 Å². The van der Waals surface area contributed by atoms with Gasteiger partial charge in [-0.1, -0.05) is 6.58 Å². The first-order valence-electron chi connectivity index (χ1n) is 8.76. The van der Waals surface area contributed by atoms with Gasteiger partial charge in [0.25, 0.3) is 0 Å². The monoisotopic (exact) mass is 414 g/mol. The van der Waals surface area contributed by atoms with E-state index in [2.05, 4.69) is 16.1 Å². The molecular weight excluding hydrogens is 388 g/mol. The number of ether oxygens (including phenoxy) is 3. The minimum atomic E-state index is -4.53. The zero-order chi connectivity index (χ0) is 22.0. The molecule has 0 saturated heterocycles. The van der Waals surface area contributed by atoms with E-state index in [-0.39, 0.29) is 25.2 Å². The van der Waals surface area contributed by atoms with Gasteiger partial charge in [0.15, 0.2) is 0 Å². The van der Waals surface area contributed by atoms with Gasteiger partial charge in [-0.15, -0.1) is 0 Å². The number of unbranched alkanes of at least 4 members (excludes halogenated alkanes) is 3. The lowest BCUT2D eigenvalue weighted by Gasteiger charge is -2.21. The predicted molar refractivity (Wildman–Crippen MR) is 90.9 cm³/mol. The molecule has 0 rings (SSSR count). The summed E-state index contributed by atoms with van der Waals surface area (Å²) in [6, 6.07) is 0. The molecule has 28 heavy (non-hydrogen) atoms. The zero-order valence-electron chi connectivity index (χ0n) is 16.2. The van der Waals surface area contributed by atoms with Crippen molar-refractivity contribution in [2.45, 2.75) is 70.8 Å². The summed E-state index contributed by atoms with van der Waals surface area (Å²) < 4.78 is 67.6. The Kier molecular flexibility index (Phi) is 10.8. The Morgan fingerprint density at radius 2 is 1.32 bits per heavy atom. The van der Waals surface area contributed by atoms with Crippen LogP contribution in [0.1, 0.15) is 52.9 Å². The van der Waals surface area contributed by atoms with Crippen molar-refractivity contribution in [2.24, 2.45) is 0 Å². The van der Waals surface area contributed by atoms with Crippen LogP contribution in [0.2, 0.25) is 0 Å². The van der Waals surface area contributed by atoms with Crippen LogP contribution in [0.15, 0.2) is 12.2 Å². The Hall–Kier alpha value is -2.13. The highest BCUT2D eigenvalue weighted by atomic mass is 19.3. The van der Waals surface area contributed by atoms with E-state index >= 15 is 0 Å². The van der Waals surface area contributed by atoms with Crippen LogP contribution in [0.4, 0.5) is 17.6 Å². The van der Waals surface area contributed by atoms with Crippen LogP contribution in [0.3, 0.4) is 0 Å². The van der Waals surface area contributed by atoms with E-state index in [4.69, 9.17) is 4.74 Å². The molecule has 0 amide bonds. The van der Waals surface area contributed by atoms with Gasteiger partial charge in [-0.05, 0) is 46.5 Å². The molecule has 0 atom stereocenters. The van der Waals surface area contributed by atoms with Crippen LogP contribution in [0.25, 0.3) is 0 Å². The Labute approximate surface area is 161 Å². The number of carbonyl (C=O) groups is 3. The maximum atomic E-state index is 13.6. The molecule has 0 aromatic rings. The summed E-state index contributed by atoms with van der Waals surface area (Å²) in [7, 11) is 0. The van der Waals surface area contributed by atoms with Crippen molar-refractivity contribution in [3.8, 4) is 0 Å². The zero-order valence-corrected chi connectivity index (χ0v) is 16.2. The average Bonchev–Trinajstić information content (AvgIpc) is 2.54. The molecule has 162 valence electrons. The first kappa shape index (κ1) is 25.9. The lowest BCUT2D eigenvalue weighted by atomic mass is 10.1. The van der Waals surface area contributed by atoms with E-state index < -0.39 is 42.3 Å². The van der Waals surface area contributed by atoms with E-state index in [9.17, 15) is 31.9 Å². The maximum absolute atomic E-state index is 13.6. The molecule has 0 heterocycles. The summed E-state index contributed by atoms with van der Waals surface area (Å²) in [5.41, 5.74) is 0.274. The van der Waals surface area contributed by atoms with Crippen LogP contribution in [0.5, 0.6) is 0 Å². The summed E-state index contributed by atoms with van der Waals surface area (Å²) in [6.45, 7) is 7.28. The Morgan fingerprint density at radius 1 is 0.857 bits per heavy atom. The van der Waals surface area contributed by atoms with E-state index in [0.717, 1.165) is 0 Å². The summed E-state index contributed by atoms with van der Waals surface area (Å²) in [4.78, 5) is 33.6. The van der Waals surface area contributed by atoms with Crippen molar-refractivity contribution in [3.05, 3.63) is 12.2 Å². The third-order valence-corrected chi connectivity index (χ3v) is 3.24. The Bertz CT molecular complexity index is 560. The number of carbonyl (C=O) groups excluding carboxylic acids is 3. The quantitative estimate of drug-likeness (QED) is 0.150. The third-order valence-electron chi connectivity index (χ3n) is 3.24. The fraction of sp³-hybridized carbons (Fsp3) is 0.722. The molecule has 0 saturated carbocycles. The fourth-order valence-corrected chi connectivity index (χ4v) is 1.84. The second-order valence-electron chi connectivity index (χ2n) is 6.51. The molecule has 0 radical (unpaired) electrons. The second kappa shape index (κ2) is 11.7. The van der Waals surface area contributed by atoms with Gasteiger partial charge < -0.3 is 14.2 Å². The van der Waals surface area contributed by atoms with Crippen molar-refractivity contribution in [1.29, 1.82) is 0 Å². The first-order chi connectivity index (χ1) is 12.8. The van der Waals surface area contributed by atoms with Crippen molar-refractivity contribution in [3.63, 3.8) is 0 Å².